The van der Waals surface area contributed by atoms with Crippen LogP contribution in [0.5, 0.6) is 0 Å². The summed E-state index contributed by atoms with van der Waals surface area (Å²) in [5.41, 5.74) is 3.58. The highest BCUT2D eigenvalue weighted by Gasteiger charge is 2.26. The summed E-state index contributed by atoms with van der Waals surface area (Å²) in [5, 5.41) is 0. The van der Waals surface area contributed by atoms with Gasteiger partial charge in [-0.05, 0) is 25.7 Å². The number of nitrogens with zero attached hydrogens (tertiary/aromatic N) is 2. The number of nitrogens with two attached hydrogens (primary N) is 1. The standard InChI is InChI=1S/C12H20N4O/c1-7(2)9-6-11(16-13)15-12(14-9)10-5-4-8(3)17-10/h6-8,10H,4-5,13H2,1-3H3,(H,14,15,16). The van der Waals surface area contributed by atoms with Crippen molar-refractivity contribution in [1.82, 2.24) is 9.97 Å². The number of nitrogens with one attached hydrogen (secondary N) is 1. The fraction of sp³-hybridized carbons (Fsp3) is 0.667. The summed E-state index contributed by atoms with van der Waals surface area (Å²) >= 11 is 0. The van der Waals surface area contributed by atoms with E-state index in [-0.39, 0.29) is 6.10 Å². The minimum absolute atomic E-state index is 0.01000. The van der Waals surface area contributed by atoms with Gasteiger partial charge in [-0.15, -0.1) is 0 Å². The number of hydrogen-bond acceptors (Lipinski definition) is 5. The van der Waals surface area contributed by atoms with Gasteiger partial charge in [-0.25, -0.2) is 15.8 Å². The molecule has 1 aliphatic rings. The molecular formula is C12H20N4O. The number of rotatable bonds is 3. The van der Waals surface area contributed by atoms with Crippen LogP contribution < -0.4 is 11.3 Å². The molecule has 1 saturated heterocycles. The van der Waals surface area contributed by atoms with Crippen molar-refractivity contribution in [2.75, 3.05) is 5.43 Å². The predicted molar refractivity (Wildman–Crippen MR) is 66.5 cm³/mol. The van der Waals surface area contributed by atoms with Gasteiger partial charge in [0.2, 0.25) is 0 Å². The number of hydrogen-bond donors (Lipinski definition) is 2. The monoisotopic (exact) mass is 236 g/mol. The summed E-state index contributed by atoms with van der Waals surface area (Å²) in [6.07, 6.45) is 2.34. The fourth-order valence-electron chi connectivity index (χ4n) is 1.99. The summed E-state index contributed by atoms with van der Waals surface area (Å²) in [7, 11) is 0. The van der Waals surface area contributed by atoms with Crippen molar-refractivity contribution in [1.29, 1.82) is 0 Å². The van der Waals surface area contributed by atoms with E-state index in [4.69, 9.17) is 10.6 Å². The second-order valence-corrected chi connectivity index (χ2v) is 4.85. The van der Waals surface area contributed by atoms with Gasteiger partial charge in [0, 0.05) is 11.8 Å². The highest BCUT2D eigenvalue weighted by atomic mass is 16.5. The van der Waals surface area contributed by atoms with E-state index in [1.54, 1.807) is 0 Å². The van der Waals surface area contributed by atoms with Crippen molar-refractivity contribution in [2.45, 2.75) is 51.7 Å². The number of aromatic nitrogens is 2. The van der Waals surface area contributed by atoms with E-state index in [0.29, 0.717) is 17.8 Å². The average molecular weight is 236 g/mol. The van der Waals surface area contributed by atoms with Gasteiger partial charge in [0.25, 0.3) is 0 Å². The Bertz CT molecular complexity index is 394. The van der Waals surface area contributed by atoms with Crippen molar-refractivity contribution in [3.05, 3.63) is 17.6 Å². The molecule has 0 radical (unpaired) electrons. The Morgan fingerprint density at radius 1 is 1.41 bits per heavy atom. The van der Waals surface area contributed by atoms with Crippen LogP contribution in [-0.4, -0.2) is 16.1 Å². The zero-order chi connectivity index (χ0) is 12.4. The van der Waals surface area contributed by atoms with E-state index in [0.717, 1.165) is 24.4 Å². The van der Waals surface area contributed by atoms with Crippen LogP contribution in [-0.2, 0) is 4.74 Å². The summed E-state index contributed by atoms with van der Waals surface area (Å²) in [4.78, 5) is 8.94. The molecule has 0 aliphatic carbocycles. The van der Waals surface area contributed by atoms with Crippen molar-refractivity contribution in [2.24, 2.45) is 5.84 Å². The van der Waals surface area contributed by atoms with Gasteiger partial charge >= 0.3 is 0 Å². The number of hydrazine groups is 1. The Kier molecular flexibility index (Phi) is 3.59. The number of anilines is 1. The smallest absolute Gasteiger partial charge is 0.159 e. The largest absolute Gasteiger partial charge is 0.367 e. The minimum Gasteiger partial charge on any atom is -0.367 e. The molecule has 1 fully saturated rings. The zero-order valence-electron chi connectivity index (χ0n) is 10.6. The summed E-state index contributed by atoms with van der Waals surface area (Å²) in [6, 6.07) is 1.88. The van der Waals surface area contributed by atoms with E-state index in [1.165, 1.54) is 0 Å². The minimum atomic E-state index is 0.01000. The lowest BCUT2D eigenvalue weighted by Crippen LogP contribution is -2.14. The lowest BCUT2D eigenvalue weighted by molar-refractivity contribution is 0.0502. The molecule has 94 valence electrons. The summed E-state index contributed by atoms with van der Waals surface area (Å²) < 4.78 is 5.79. The van der Waals surface area contributed by atoms with E-state index < -0.39 is 0 Å². The first-order valence-corrected chi connectivity index (χ1v) is 6.11. The summed E-state index contributed by atoms with van der Waals surface area (Å²) in [6.45, 7) is 6.28. The summed E-state index contributed by atoms with van der Waals surface area (Å²) in [5.74, 6) is 7.18. The van der Waals surface area contributed by atoms with Gasteiger partial charge in [-0.1, -0.05) is 13.8 Å². The molecule has 1 aliphatic heterocycles. The van der Waals surface area contributed by atoms with Gasteiger partial charge in [0.1, 0.15) is 11.9 Å². The first-order chi connectivity index (χ1) is 8.10. The molecule has 0 aromatic carbocycles. The van der Waals surface area contributed by atoms with Crippen LogP contribution in [0, 0.1) is 0 Å². The van der Waals surface area contributed by atoms with Gasteiger partial charge < -0.3 is 10.2 Å². The van der Waals surface area contributed by atoms with E-state index >= 15 is 0 Å². The third-order valence-corrected chi connectivity index (χ3v) is 3.02. The molecule has 17 heavy (non-hydrogen) atoms. The molecule has 2 unspecified atom stereocenters. The Hall–Kier alpha value is -1.20. The SMILES string of the molecule is CC1CCC(c2nc(NN)cc(C(C)C)n2)O1. The molecule has 2 rings (SSSR count). The first-order valence-electron chi connectivity index (χ1n) is 6.11. The third-order valence-electron chi connectivity index (χ3n) is 3.02. The molecule has 2 atom stereocenters. The maximum absolute atomic E-state index is 5.79. The van der Waals surface area contributed by atoms with Crippen LogP contribution in [0.3, 0.4) is 0 Å². The Morgan fingerprint density at radius 2 is 2.18 bits per heavy atom. The second kappa shape index (κ2) is 4.98. The molecule has 0 amide bonds. The van der Waals surface area contributed by atoms with Crippen LogP contribution >= 0.6 is 0 Å². The molecule has 0 saturated carbocycles. The number of nitrogen functional groups attached to an aromatic ring is 1. The molecule has 3 N–H and O–H groups in total. The molecule has 2 heterocycles. The third kappa shape index (κ3) is 2.73. The van der Waals surface area contributed by atoms with Crippen LogP contribution in [0.1, 0.15) is 57.2 Å². The molecule has 0 spiro atoms. The first kappa shape index (κ1) is 12.3. The lowest BCUT2D eigenvalue weighted by atomic mass is 10.1. The molecule has 1 aromatic rings. The molecular weight excluding hydrogens is 216 g/mol. The van der Waals surface area contributed by atoms with E-state index in [2.05, 4.69) is 36.2 Å². The van der Waals surface area contributed by atoms with Crippen LogP contribution in [0.4, 0.5) is 5.82 Å². The van der Waals surface area contributed by atoms with Gasteiger partial charge in [0.05, 0.1) is 6.10 Å². The van der Waals surface area contributed by atoms with Crippen molar-refractivity contribution in [3.63, 3.8) is 0 Å². The van der Waals surface area contributed by atoms with Crippen LogP contribution in [0.2, 0.25) is 0 Å². The maximum atomic E-state index is 5.79. The molecule has 0 bridgehead atoms. The van der Waals surface area contributed by atoms with Gasteiger partial charge in [0.15, 0.2) is 5.82 Å². The quantitative estimate of drug-likeness (QED) is 0.621. The Balaban J connectivity index is 2.29. The van der Waals surface area contributed by atoms with E-state index in [9.17, 15) is 0 Å². The van der Waals surface area contributed by atoms with Crippen LogP contribution in [0.25, 0.3) is 0 Å². The lowest BCUT2D eigenvalue weighted by Gasteiger charge is -2.14. The van der Waals surface area contributed by atoms with Crippen molar-refractivity contribution < 1.29 is 4.74 Å². The van der Waals surface area contributed by atoms with Gasteiger partial charge in [-0.2, -0.15) is 0 Å². The molecule has 5 nitrogen and oxygen atoms in total. The topological polar surface area (TPSA) is 73.1 Å². The van der Waals surface area contributed by atoms with Crippen molar-refractivity contribution >= 4 is 5.82 Å². The van der Waals surface area contributed by atoms with Gasteiger partial charge in [-0.3, -0.25) is 0 Å². The fourth-order valence-corrected chi connectivity index (χ4v) is 1.99. The normalized spacial score (nSPS) is 24.3. The average Bonchev–Trinajstić information content (AvgIpc) is 2.75. The van der Waals surface area contributed by atoms with Crippen molar-refractivity contribution in [3.8, 4) is 0 Å². The second-order valence-electron chi connectivity index (χ2n) is 4.85. The maximum Gasteiger partial charge on any atom is 0.159 e. The predicted octanol–water partition coefficient (Wildman–Crippen LogP) is 2.13. The van der Waals surface area contributed by atoms with Crippen LogP contribution in [0.15, 0.2) is 6.07 Å². The molecule has 1 aromatic heterocycles. The molecule has 5 heteroatoms. The highest BCUT2D eigenvalue weighted by Crippen LogP contribution is 2.31. The number of ether oxygens (including phenoxy) is 1. The van der Waals surface area contributed by atoms with E-state index in [1.807, 2.05) is 6.07 Å². The highest BCUT2D eigenvalue weighted by molar-refractivity contribution is 5.35. The Labute approximate surface area is 102 Å². The Morgan fingerprint density at radius 3 is 2.71 bits per heavy atom. The zero-order valence-corrected chi connectivity index (χ0v) is 10.6.